The second-order valence-electron chi connectivity index (χ2n) is 5.51. The van der Waals surface area contributed by atoms with Crippen LogP contribution in [0.25, 0.3) is 22.5 Å². The lowest BCUT2D eigenvalue weighted by Gasteiger charge is -2.03. The van der Waals surface area contributed by atoms with Crippen molar-refractivity contribution in [3.8, 4) is 11.5 Å². The highest BCUT2D eigenvalue weighted by Gasteiger charge is 2.17. The van der Waals surface area contributed by atoms with Gasteiger partial charge in [-0.25, -0.2) is 4.68 Å². The number of benzene rings is 1. The zero-order valence-corrected chi connectivity index (χ0v) is 12.6. The second kappa shape index (κ2) is 5.28. The molecule has 4 rings (SSSR count). The summed E-state index contributed by atoms with van der Waals surface area (Å²) in [6, 6.07) is 15.3. The number of rotatable bonds is 3. The number of furan rings is 1. The largest absolute Gasteiger partial charge is 0.463 e. The van der Waals surface area contributed by atoms with E-state index in [-0.39, 0.29) is 5.56 Å². The molecule has 0 spiro atoms. The molecule has 0 aliphatic carbocycles. The Bertz CT molecular complexity index is 1010. The number of hydrogen-bond donors (Lipinski definition) is 1. The second-order valence-corrected chi connectivity index (χ2v) is 5.51. The summed E-state index contributed by atoms with van der Waals surface area (Å²) in [6.07, 6.45) is 1.62. The standard InChI is InChI=1S/C18H15N3O2/c1-12-10-15(22)19-18-16(12)17(14-8-5-9-23-14)20-21(18)11-13-6-3-2-4-7-13/h2-10H,11H2,1H3,(H,19,22). The molecule has 3 heterocycles. The van der Waals surface area contributed by atoms with Gasteiger partial charge in [-0.2, -0.15) is 5.10 Å². The Labute approximate surface area is 132 Å². The van der Waals surface area contributed by atoms with Gasteiger partial charge in [-0.1, -0.05) is 30.3 Å². The van der Waals surface area contributed by atoms with Gasteiger partial charge in [-0.05, 0) is 30.2 Å². The third-order valence-electron chi connectivity index (χ3n) is 3.87. The number of H-pyrrole nitrogens is 1. The van der Waals surface area contributed by atoms with Crippen LogP contribution in [0.1, 0.15) is 11.1 Å². The van der Waals surface area contributed by atoms with Gasteiger partial charge in [0.05, 0.1) is 18.2 Å². The van der Waals surface area contributed by atoms with Crippen LogP contribution in [0.4, 0.5) is 0 Å². The predicted octanol–water partition coefficient (Wildman–Crippen LogP) is 3.34. The maximum absolute atomic E-state index is 11.9. The van der Waals surface area contributed by atoms with Gasteiger partial charge in [-0.15, -0.1) is 0 Å². The molecule has 0 aliphatic heterocycles. The van der Waals surface area contributed by atoms with Crippen molar-refractivity contribution in [1.82, 2.24) is 14.8 Å². The highest BCUT2D eigenvalue weighted by atomic mass is 16.3. The number of pyridine rings is 1. The van der Waals surface area contributed by atoms with Crippen LogP contribution in [-0.4, -0.2) is 14.8 Å². The molecule has 0 bridgehead atoms. The van der Waals surface area contributed by atoms with Crippen LogP contribution in [0.3, 0.4) is 0 Å². The Morgan fingerprint density at radius 3 is 2.74 bits per heavy atom. The van der Waals surface area contributed by atoms with E-state index in [9.17, 15) is 4.79 Å². The van der Waals surface area contributed by atoms with Crippen LogP contribution in [0.15, 0.2) is 64.0 Å². The molecule has 5 nitrogen and oxygen atoms in total. The van der Waals surface area contributed by atoms with Crippen LogP contribution >= 0.6 is 0 Å². The number of aryl methyl sites for hydroxylation is 1. The maximum Gasteiger partial charge on any atom is 0.249 e. The average Bonchev–Trinajstić information content (AvgIpc) is 3.17. The van der Waals surface area contributed by atoms with Crippen LogP contribution in [0, 0.1) is 6.92 Å². The van der Waals surface area contributed by atoms with Crippen molar-refractivity contribution in [3.63, 3.8) is 0 Å². The van der Waals surface area contributed by atoms with Crippen LogP contribution in [-0.2, 0) is 6.54 Å². The minimum absolute atomic E-state index is 0.129. The molecule has 114 valence electrons. The molecule has 1 N–H and O–H groups in total. The molecule has 4 aromatic rings. The van der Waals surface area contributed by atoms with E-state index in [1.54, 1.807) is 12.3 Å². The molecule has 0 aliphatic rings. The van der Waals surface area contributed by atoms with Crippen molar-refractivity contribution in [1.29, 1.82) is 0 Å². The number of aromatic amines is 1. The predicted molar refractivity (Wildman–Crippen MR) is 88.3 cm³/mol. The zero-order valence-electron chi connectivity index (χ0n) is 12.6. The van der Waals surface area contributed by atoms with Gasteiger partial charge < -0.3 is 9.40 Å². The molecular formula is C18H15N3O2. The third-order valence-corrected chi connectivity index (χ3v) is 3.87. The molecule has 0 radical (unpaired) electrons. The normalized spacial score (nSPS) is 11.2. The number of nitrogens with zero attached hydrogens (tertiary/aromatic N) is 2. The lowest BCUT2D eigenvalue weighted by atomic mass is 10.1. The fourth-order valence-electron chi connectivity index (χ4n) is 2.84. The van der Waals surface area contributed by atoms with E-state index in [1.165, 1.54) is 0 Å². The van der Waals surface area contributed by atoms with Crippen LogP contribution in [0.2, 0.25) is 0 Å². The van der Waals surface area contributed by atoms with Gasteiger partial charge in [0.15, 0.2) is 5.76 Å². The smallest absolute Gasteiger partial charge is 0.249 e. The van der Waals surface area contributed by atoms with Crippen molar-refractivity contribution in [3.05, 3.63) is 76.3 Å². The first-order valence-corrected chi connectivity index (χ1v) is 7.40. The Morgan fingerprint density at radius 1 is 1.17 bits per heavy atom. The van der Waals surface area contributed by atoms with E-state index in [2.05, 4.69) is 10.1 Å². The highest BCUT2D eigenvalue weighted by Crippen LogP contribution is 2.29. The van der Waals surface area contributed by atoms with Crippen LogP contribution < -0.4 is 5.56 Å². The summed E-state index contributed by atoms with van der Waals surface area (Å²) in [7, 11) is 0. The number of nitrogens with one attached hydrogen (secondary N) is 1. The number of aromatic nitrogens is 3. The first-order valence-electron chi connectivity index (χ1n) is 7.40. The first-order chi connectivity index (χ1) is 11.2. The first kappa shape index (κ1) is 13.6. The number of fused-ring (bicyclic) bond motifs is 1. The topological polar surface area (TPSA) is 63.8 Å². The Hall–Kier alpha value is -3.08. The van der Waals surface area contributed by atoms with Gasteiger partial charge in [0.1, 0.15) is 11.3 Å². The molecule has 1 aromatic carbocycles. The molecule has 5 heteroatoms. The van der Waals surface area contributed by atoms with Gasteiger partial charge in [0.25, 0.3) is 0 Å². The van der Waals surface area contributed by atoms with E-state index in [1.807, 2.05) is 54.1 Å². The Morgan fingerprint density at radius 2 is 2.00 bits per heavy atom. The van der Waals surface area contributed by atoms with E-state index in [4.69, 9.17) is 4.42 Å². The lowest BCUT2D eigenvalue weighted by Crippen LogP contribution is -2.09. The highest BCUT2D eigenvalue weighted by molar-refractivity contribution is 5.92. The monoisotopic (exact) mass is 305 g/mol. The van der Waals surface area contributed by atoms with Gasteiger partial charge >= 0.3 is 0 Å². The minimum Gasteiger partial charge on any atom is -0.463 e. The summed E-state index contributed by atoms with van der Waals surface area (Å²) in [5, 5.41) is 5.59. The molecular weight excluding hydrogens is 290 g/mol. The fourth-order valence-corrected chi connectivity index (χ4v) is 2.84. The van der Waals surface area contributed by atoms with Crippen molar-refractivity contribution >= 4 is 11.0 Å². The van der Waals surface area contributed by atoms with Crippen LogP contribution in [0.5, 0.6) is 0 Å². The molecule has 0 saturated heterocycles. The summed E-state index contributed by atoms with van der Waals surface area (Å²) < 4.78 is 7.32. The van der Waals surface area contributed by atoms with Gasteiger partial charge in [0, 0.05) is 6.07 Å². The minimum atomic E-state index is -0.129. The molecule has 0 atom stereocenters. The molecule has 0 fully saturated rings. The fraction of sp³-hybridized carbons (Fsp3) is 0.111. The molecule has 0 amide bonds. The van der Waals surface area contributed by atoms with E-state index >= 15 is 0 Å². The van der Waals surface area contributed by atoms with E-state index in [0.29, 0.717) is 18.0 Å². The molecule has 0 unspecified atom stereocenters. The molecule has 0 saturated carbocycles. The summed E-state index contributed by atoms with van der Waals surface area (Å²) >= 11 is 0. The zero-order chi connectivity index (χ0) is 15.8. The third kappa shape index (κ3) is 2.36. The van der Waals surface area contributed by atoms with Crippen molar-refractivity contribution < 1.29 is 4.42 Å². The summed E-state index contributed by atoms with van der Waals surface area (Å²) in [4.78, 5) is 14.8. The number of hydrogen-bond acceptors (Lipinski definition) is 3. The van der Waals surface area contributed by atoms with Crippen molar-refractivity contribution in [2.45, 2.75) is 13.5 Å². The van der Waals surface area contributed by atoms with Crippen molar-refractivity contribution in [2.75, 3.05) is 0 Å². The van der Waals surface area contributed by atoms with Gasteiger partial charge in [0.2, 0.25) is 5.56 Å². The molecule has 3 aromatic heterocycles. The SMILES string of the molecule is Cc1cc(=O)[nH]c2c1c(-c1ccco1)nn2Cc1ccccc1. The van der Waals surface area contributed by atoms with Crippen molar-refractivity contribution in [2.24, 2.45) is 0 Å². The van der Waals surface area contributed by atoms with E-state index < -0.39 is 0 Å². The summed E-state index contributed by atoms with van der Waals surface area (Å²) in [5.41, 5.74) is 3.33. The quantitative estimate of drug-likeness (QED) is 0.631. The lowest BCUT2D eigenvalue weighted by molar-refractivity contribution is 0.577. The maximum atomic E-state index is 11.9. The van der Waals surface area contributed by atoms with Gasteiger partial charge in [-0.3, -0.25) is 4.79 Å². The summed E-state index contributed by atoms with van der Waals surface area (Å²) in [6.45, 7) is 2.50. The Balaban J connectivity index is 1.96. The van der Waals surface area contributed by atoms with E-state index in [0.717, 1.165) is 22.2 Å². The summed E-state index contributed by atoms with van der Waals surface area (Å²) in [5.74, 6) is 0.692. The average molecular weight is 305 g/mol. The Kier molecular flexibility index (Phi) is 3.12. The molecule has 23 heavy (non-hydrogen) atoms.